The van der Waals surface area contributed by atoms with Crippen molar-refractivity contribution in [1.29, 1.82) is 0 Å². The van der Waals surface area contributed by atoms with E-state index in [9.17, 15) is 4.79 Å². The second-order valence-corrected chi connectivity index (χ2v) is 4.60. The van der Waals surface area contributed by atoms with Gasteiger partial charge in [0.05, 0.1) is 19.3 Å². The Bertz CT molecular complexity index is 457. The van der Waals surface area contributed by atoms with Crippen molar-refractivity contribution in [2.45, 2.75) is 32.0 Å². The van der Waals surface area contributed by atoms with Gasteiger partial charge in [0.25, 0.3) is 0 Å². The molecule has 0 amide bonds. The molecular weight excluding hydrogens is 248 g/mol. The van der Waals surface area contributed by atoms with Crippen LogP contribution in [0.5, 0.6) is 11.5 Å². The van der Waals surface area contributed by atoms with Crippen LogP contribution in [0, 0.1) is 0 Å². The van der Waals surface area contributed by atoms with Crippen LogP contribution in [0.25, 0.3) is 0 Å². The van der Waals surface area contributed by atoms with Crippen molar-refractivity contribution in [3.8, 4) is 11.5 Å². The van der Waals surface area contributed by atoms with Crippen molar-refractivity contribution < 1.29 is 24.1 Å². The fourth-order valence-corrected chi connectivity index (χ4v) is 2.18. The van der Waals surface area contributed by atoms with E-state index >= 15 is 0 Å². The summed E-state index contributed by atoms with van der Waals surface area (Å²) in [4.78, 5) is 11.2. The number of para-hydroxylation sites is 1. The number of benzene rings is 1. The Morgan fingerprint density at radius 1 is 1.47 bits per heavy atom. The third-order valence-corrected chi connectivity index (χ3v) is 3.16. The maximum absolute atomic E-state index is 11.2. The molecule has 1 heterocycles. The standard InChI is InChI=1S/C14H18O5/c1-9-6-7-10(19-9)8-18-13-11(14(15)16)4-3-5-12(13)17-2/h3-5,9-10H,6-8H2,1-2H3,(H,15,16). The number of carboxylic acids is 1. The van der Waals surface area contributed by atoms with Gasteiger partial charge in [0, 0.05) is 0 Å². The van der Waals surface area contributed by atoms with E-state index in [1.165, 1.54) is 13.2 Å². The highest BCUT2D eigenvalue weighted by molar-refractivity contribution is 5.92. The van der Waals surface area contributed by atoms with Gasteiger partial charge in [-0.15, -0.1) is 0 Å². The lowest BCUT2D eigenvalue weighted by molar-refractivity contribution is 0.0253. The van der Waals surface area contributed by atoms with E-state index in [1.54, 1.807) is 12.1 Å². The SMILES string of the molecule is COc1cccc(C(=O)O)c1OCC1CCC(C)O1. The molecule has 19 heavy (non-hydrogen) atoms. The summed E-state index contributed by atoms with van der Waals surface area (Å²) in [6, 6.07) is 4.81. The Balaban J connectivity index is 2.11. The largest absolute Gasteiger partial charge is 0.493 e. The molecule has 0 aliphatic carbocycles. The predicted molar refractivity (Wildman–Crippen MR) is 69.0 cm³/mol. The van der Waals surface area contributed by atoms with Crippen molar-refractivity contribution in [2.75, 3.05) is 13.7 Å². The van der Waals surface area contributed by atoms with Gasteiger partial charge in [0.2, 0.25) is 0 Å². The summed E-state index contributed by atoms with van der Waals surface area (Å²) >= 11 is 0. The molecule has 104 valence electrons. The monoisotopic (exact) mass is 266 g/mol. The van der Waals surface area contributed by atoms with Crippen LogP contribution in [0.15, 0.2) is 18.2 Å². The minimum atomic E-state index is -1.03. The molecule has 1 aliphatic heterocycles. The van der Waals surface area contributed by atoms with E-state index in [0.29, 0.717) is 12.4 Å². The number of carboxylic acid groups (broad SMARTS) is 1. The van der Waals surface area contributed by atoms with Crippen LogP contribution in [-0.2, 0) is 4.74 Å². The van der Waals surface area contributed by atoms with Gasteiger partial charge in [-0.2, -0.15) is 0 Å². The Kier molecular flexibility index (Phi) is 4.27. The number of methoxy groups -OCH3 is 1. The first-order valence-electron chi connectivity index (χ1n) is 6.30. The third kappa shape index (κ3) is 3.17. The van der Waals surface area contributed by atoms with Crippen LogP contribution in [0.1, 0.15) is 30.1 Å². The number of hydrogen-bond donors (Lipinski definition) is 1. The first-order chi connectivity index (χ1) is 9.11. The molecule has 0 spiro atoms. The molecule has 1 aromatic carbocycles. The van der Waals surface area contributed by atoms with Crippen LogP contribution in [0.2, 0.25) is 0 Å². The molecule has 5 heteroatoms. The average molecular weight is 266 g/mol. The average Bonchev–Trinajstić information content (AvgIpc) is 2.81. The maximum Gasteiger partial charge on any atom is 0.339 e. The molecule has 2 rings (SSSR count). The van der Waals surface area contributed by atoms with Gasteiger partial charge in [-0.1, -0.05) is 6.07 Å². The van der Waals surface area contributed by atoms with Crippen molar-refractivity contribution >= 4 is 5.97 Å². The van der Waals surface area contributed by atoms with Crippen LogP contribution in [0.4, 0.5) is 0 Å². The van der Waals surface area contributed by atoms with Crippen LogP contribution < -0.4 is 9.47 Å². The molecule has 1 saturated heterocycles. The van der Waals surface area contributed by atoms with Gasteiger partial charge in [-0.05, 0) is 31.9 Å². The first-order valence-corrected chi connectivity index (χ1v) is 6.30. The quantitative estimate of drug-likeness (QED) is 0.886. The number of rotatable bonds is 5. The van der Waals surface area contributed by atoms with Gasteiger partial charge < -0.3 is 19.3 Å². The summed E-state index contributed by atoms with van der Waals surface area (Å²) in [5, 5.41) is 9.15. The second-order valence-electron chi connectivity index (χ2n) is 4.60. The Morgan fingerprint density at radius 2 is 2.26 bits per heavy atom. The smallest absolute Gasteiger partial charge is 0.339 e. The number of ether oxygens (including phenoxy) is 3. The van der Waals surface area contributed by atoms with Gasteiger partial charge in [-0.25, -0.2) is 4.79 Å². The fraction of sp³-hybridized carbons (Fsp3) is 0.500. The van der Waals surface area contributed by atoms with E-state index in [-0.39, 0.29) is 23.5 Å². The van der Waals surface area contributed by atoms with Crippen LogP contribution >= 0.6 is 0 Å². The zero-order valence-electron chi connectivity index (χ0n) is 11.1. The summed E-state index contributed by atoms with van der Waals surface area (Å²) in [6.07, 6.45) is 2.19. The molecule has 0 saturated carbocycles. The molecule has 1 N–H and O–H groups in total. The molecule has 0 radical (unpaired) electrons. The number of hydrogen-bond acceptors (Lipinski definition) is 4. The van der Waals surface area contributed by atoms with Crippen LogP contribution in [0.3, 0.4) is 0 Å². The van der Waals surface area contributed by atoms with E-state index in [4.69, 9.17) is 19.3 Å². The molecule has 1 fully saturated rings. The van der Waals surface area contributed by atoms with E-state index < -0.39 is 5.97 Å². The summed E-state index contributed by atoms with van der Waals surface area (Å²) < 4.78 is 16.4. The predicted octanol–water partition coefficient (Wildman–Crippen LogP) is 2.34. The molecule has 2 atom stereocenters. The Hall–Kier alpha value is -1.75. The van der Waals surface area contributed by atoms with E-state index in [1.807, 2.05) is 6.92 Å². The van der Waals surface area contributed by atoms with Gasteiger partial charge >= 0.3 is 5.97 Å². The Labute approximate surface area is 112 Å². The molecular formula is C14H18O5. The fourth-order valence-electron chi connectivity index (χ4n) is 2.18. The normalized spacial score (nSPS) is 22.2. The number of aromatic carboxylic acids is 1. The van der Waals surface area contributed by atoms with Crippen LogP contribution in [-0.4, -0.2) is 37.0 Å². The zero-order valence-corrected chi connectivity index (χ0v) is 11.1. The molecule has 0 aromatic heterocycles. The topological polar surface area (TPSA) is 65.0 Å². The molecule has 1 aromatic rings. The summed E-state index contributed by atoms with van der Waals surface area (Å²) in [5.41, 5.74) is 0.102. The zero-order chi connectivity index (χ0) is 13.8. The summed E-state index contributed by atoms with van der Waals surface area (Å²) in [7, 11) is 1.49. The summed E-state index contributed by atoms with van der Waals surface area (Å²) in [5.74, 6) is -0.346. The highest BCUT2D eigenvalue weighted by Crippen LogP contribution is 2.32. The van der Waals surface area contributed by atoms with Crippen molar-refractivity contribution in [1.82, 2.24) is 0 Å². The molecule has 5 nitrogen and oxygen atoms in total. The van der Waals surface area contributed by atoms with E-state index in [2.05, 4.69) is 0 Å². The van der Waals surface area contributed by atoms with Crippen molar-refractivity contribution in [3.63, 3.8) is 0 Å². The molecule has 0 bridgehead atoms. The highest BCUT2D eigenvalue weighted by Gasteiger charge is 2.24. The molecule has 1 aliphatic rings. The van der Waals surface area contributed by atoms with Crippen molar-refractivity contribution in [3.05, 3.63) is 23.8 Å². The second kappa shape index (κ2) is 5.93. The minimum Gasteiger partial charge on any atom is -0.493 e. The third-order valence-electron chi connectivity index (χ3n) is 3.16. The lowest BCUT2D eigenvalue weighted by Crippen LogP contribution is -2.19. The Morgan fingerprint density at radius 3 is 2.84 bits per heavy atom. The van der Waals surface area contributed by atoms with Gasteiger partial charge in [0.15, 0.2) is 11.5 Å². The first kappa shape index (κ1) is 13.7. The minimum absolute atomic E-state index is 0.0153. The maximum atomic E-state index is 11.2. The van der Waals surface area contributed by atoms with E-state index in [0.717, 1.165) is 12.8 Å². The number of carbonyl (C=O) groups is 1. The lowest BCUT2D eigenvalue weighted by Gasteiger charge is -2.16. The lowest BCUT2D eigenvalue weighted by atomic mass is 10.2. The van der Waals surface area contributed by atoms with Crippen molar-refractivity contribution in [2.24, 2.45) is 0 Å². The van der Waals surface area contributed by atoms with Gasteiger partial charge in [-0.3, -0.25) is 0 Å². The molecule has 2 unspecified atom stereocenters. The highest BCUT2D eigenvalue weighted by atomic mass is 16.6. The van der Waals surface area contributed by atoms with Gasteiger partial charge in [0.1, 0.15) is 12.2 Å². The summed E-state index contributed by atoms with van der Waals surface area (Å²) in [6.45, 7) is 2.36.